The number of aromatic amines is 2. The first kappa shape index (κ1) is 19.4. The normalized spacial score (nSPS) is 20.8. The van der Waals surface area contributed by atoms with Gasteiger partial charge in [0.2, 0.25) is 5.01 Å². The molecule has 0 saturated carbocycles. The molecular formula is C19H16ClN5O4S. The third-order valence-corrected chi connectivity index (χ3v) is 6.83. The summed E-state index contributed by atoms with van der Waals surface area (Å²) in [5.74, 6) is 0.245. The number of hydrogen-bond donors (Lipinski definition) is 2. The summed E-state index contributed by atoms with van der Waals surface area (Å²) in [4.78, 5) is 0. The fraction of sp³-hybridized carbons (Fsp3) is 0.211. The number of fused-ring (bicyclic) bond motifs is 1. The second-order valence-electron chi connectivity index (χ2n) is 7.22. The van der Waals surface area contributed by atoms with E-state index in [1.165, 1.54) is 16.1 Å². The van der Waals surface area contributed by atoms with E-state index < -0.39 is 10.2 Å². The largest absolute Gasteiger partial charge is 0.282 e. The summed E-state index contributed by atoms with van der Waals surface area (Å²) in [5.41, 5.74) is 4.97. The Labute approximate surface area is 177 Å². The lowest BCUT2D eigenvalue weighted by Gasteiger charge is -2.46. The molecule has 5 heterocycles. The van der Waals surface area contributed by atoms with Crippen molar-refractivity contribution in [2.45, 2.75) is 23.8 Å². The first-order valence-electron chi connectivity index (χ1n) is 9.08. The first-order chi connectivity index (χ1) is 14.4. The number of nitrogens with one attached hydrogen (secondary N) is 2. The number of benzene rings is 1. The van der Waals surface area contributed by atoms with Gasteiger partial charge in [0.05, 0.1) is 16.7 Å². The Morgan fingerprint density at radius 2 is 1.57 bits per heavy atom. The monoisotopic (exact) mass is 445 g/mol. The number of nitrogens with zero attached hydrogens (tertiary/aromatic N) is 3. The lowest BCUT2D eigenvalue weighted by atomic mass is 9.57. The van der Waals surface area contributed by atoms with E-state index in [0.29, 0.717) is 6.04 Å². The van der Waals surface area contributed by atoms with Crippen LogP contribution in [0.15, 0.2) is 60.4 Å². The molecule has 11 heteroatoms. The second-order valence-corrected chi connectivity index (χ2v) is 8.90. The van der Waals surface area contributed by atoms with Crippen molar-refractivity contribution in [2.24, 2.45) is 0 Å². The van der Waals surface area contributed by atoms with Crippen LogP contribution in [0.3, 0.4) is 0 Å². The highest BCUT2D eigenvalue weighted by molar-refractivity contribution is 7.09. The van der Waals surface area contributed by atoms with Crippen molar-refractivity contribution in [3.8, 4) is 0 Å². The summed E-state index contributed by atoms with van der Waals surface area (Å²) in [6, 6.07) is 13.4. The third-order valence-electron chi connectivity index (χ3n) is 5.88. The molecule has 1 aliphatic carbocycles. The molecule has 154 valence electrons. The Hall–Kier alpha value is -2.60. The molecule has 1 aromatic carbocycles. The number of H-pyrrole nitrogens is 2. The first-order valence-corrected chi connectivity index (χ1v) is 11.2. The average Bonchev–Trinajstić information content (AvgIpc) is 3.49. The number of rotatable bonds is 2. The van der Waals surface area contributed by atoms with Crippen LogP contribution in [0.5, 0.6) is 0 Å². The maximum Gasteiger partial charge on any atom is 0.246 e. The van der Waals surface area contributed by atoms with Gasteiger partial charge in [-0.2, -0.15) is 14.8 Å². The van der Waals surface area contributed by atoms with Crippen LogP contribution in [-0.2, 0) is 5.41 Å². The van der Waals surface area contributed by atoms with Crippen molar-refractivity contribution in [1.82, 2.24) is 20.4 Å². The molecule has 0 saturated heterocycles. The van der Waals surface area contributed by atoms with Crippen LogP contribution in [0.4, 0.5) is 0 Å². The predicted molar refractivity (Wildman–Crippen MR) is 93.5 cm³/mol. The van der Waals surface area contributed by atoms with Crippen molar-refractivity contribution < 1.29 is 33.4 Å². The van der Waals surface area contributed by atoms with Gasteiger partial charge in [0.25, 0.3) is 0 Å². The molecule has 2 aliphatic heterocycles. The molecule has 9 nitrogen and oxygen atoms in total. The Balaban J connectivity index is 0.000000349. The highest BCUT2D eigenvalue weighted by atomic mass is 35.7. The van der Waals surface area contributed by atoms with E-state index in [4.69, 9.17) is 18.6 Å². The van der Waals surface area contributed by atoms with Crippen LogP contribution in [0.1, 0.15) is 45.9 Å². The summed E-state index contributed by atoms with van der Waals surface area (Å²) < 4.78 is 36.4. The highest BCUT2D eigenvalue weighted by Gasteiger charge is 2.61. The molecule has 2 bridgehead atoms. The standard InChI is InChI=1S/C19H16N5S.ClHO4/c1-2-4-13-12(3-1)14-11-19(15-5-7-20-22-15,16-6-8-21-23-16)17(13)18-24(14)9-10-25-18;2-1(3,4)5/h1-10,14,17H,11H2,(H,20,22)(H,21,23);(H,2,3,4,5)/q+1;/p-1. The molecule has 3 aliphatic rings. The number of aromatic nitrogens is 5. The van der Waals surface area contributed by atoms with E-state index in [1.807, 2.05) is 23.7 Å². The number of hydrogen-bond acceptors (Lipinski definition) is 7. The summed E-state index contributed by atoms with van der Waals surface area (Å²) in [5, 5.41) is 18.7. The zero-order chi connectivity index (χ0) is 20.9. The van der Waals surface area contributed by atoms with Crippen LogP contribution < -0.4 is 23.2 Å². The van der Waals surface area contributed by atoms with E-state index in [2.05, 4.69) is 72.9 Å². The Bertz CT molecular complexity index is 1120. The maximum absolute atomic E-state index is 8.49. The van der Waals surface area contributed by atoms with Gasteiger partial charge in [-0.25, -0.2) is 18.6 Å². The van der Waals surface area contributed by atoms with Gasteiger partial charge in [-0.1, -0.05) is 35.6 Å². The van der Waals surface area contributed by atoms with Crippen molar-refractivity contribution in [2.75, 3.05) is 0 Å². The Kier molecular flexibility index (Phi) is 4.51. The molecule has 0 amide bonds. The zero-order valence-corrected chi connectivity index (χ0v) is 17.0. The fourth-order valence-electron chi connectivity index (χ4n) is 4.93. The molecule has 2 unspecified atom stereocenters. The van der Waals surface area contributed by atoms with Crippen molar-refractivity contribution >= 4 is 11.3 Å². The molecule has 0 radical (unpaired) electrons. The molecule has 2 atom stereocenters. The van der Waals surface area contributed by atoms with Crippen LogP contribution in [-0.4, -0.2) is 20.4 Å². The van der Waals surface area contributed by atoms with Crippen LogP contribution >= 0.6 is 11.3 Å². The van der Waals surface area contributed by atoms with E-state index in [-0.39, 0.29) is 11.3 Å². The minimum Gasteiger partial charge on any atom is -0.282 e. The van der Waals surface area contributed by atoms with Crippen molar-refractivity contribution in [3.05, 3.63) is 87.9 Å². The van der Waals surface area contributed by atoms with Crippen molar-refractivity contribution in [1.29, 1.82) is 0 Å². The summed E-state index contributed by atoms with van der Waals surface area (Å²) in [6.45, 7) is 0. The topological polar surface area (TPSA) is 153 Å². The van der Waals surface area contributed by atoms with E-state index >= 15 is 0 Å². The van der Waals surface area contributed by atoms with E-state index in [1.54, 1.807) is 0 Å². The van der Waals surface area contributed by atoms with Gasteiger partial charge in [-0.05, 0) is 17.7 Å². The van der Waals surface area contributed by atoms with Gasteiger partial charge in [-0.15, -0.1) is 10.2 Å². The van der Waals surface area contributed by atoms with Gasteiger partial charge < -0.3 is 0 Å². The number of thiazole rings is 1. The predicted octanol–water partition coefficient (Wildman–Crippen LogP) is -1.85. The minimum absolute atomic E-state index is 0.198. The molecular weight excluding hydrogens is 430 g/mol. The molecule has 3 aromatic heterocycles. The Morgan fingerprint density at radius 1 is 0.967 bits per heavy atom. The summed E-state index contributed by atoms with van der Waals surface area (Å²) >= 11 is 1.84. The third kappa shape index (κ3) is 2.97. The van der Waals surface area contributed by atoms with E-state index in [9.17, 15) is 0 Å². The maximum atomic E-state index is 8.49. The van der Waals surface area contributed by atoms with E-state index in [0.717, 1.165) is 17.8 Å². The second kappa shape index (κ2) is 6.98. The van der Waals surface area contributed by atoms with Gasteiger partial charge in [0.1, 0.15) is 0 Å². The molecule has 0 spiro atoms. The van der Waals surface area contributed by atoms with Crippen LogP contribution in [0, 0.1) is 10.2 Å². The smallest absolute Gasteiger partial charge is 0.246 e. The fourth-order valence-corrected chi connectivity index (χ4v) is 6.03. The quantitative estimate of drug-likeness (QED) is 0.345. The SMILES string of the molecule is [O-][Cl+3]([O-])([O-])[O-].c1ccc2c(c1)C1CC(c3ccn[nH]3)(c3ccn[nH]3)C2c2scc[n+]21. The van der Waals surface area contributed by atoms with Crippen LogP contribution in [0.2, 0.25) is 0 Å². The van der Waals surface area contributed by atoms with Gasteiger partial charge in [0, 0.05) is 35.8 Å². The lowest BCUT2D eigenvalue weighted by molar-refractivity contribution is -2.00. The molecule has 2 N–H and O–H groups in total. The Morgan fingerprint density at radius 3 is 2.13 bits per heavy atom. The number of halogens is 1. The molecule has 30 heavy (non-hydrogen) atoms. The van der Waals surface area contributed by atoms with Crippen molar-refractivity contribution in [3.63, 3.8) is 0 Å². The lowest BCUT2D eigenvalue weighted by Crippen LogP contribution is -2.68. The van der Waals surface area contributed by atoms with Gasteiger partial charge in [-0.3, -0.25) is 10.2 Å². The van der Waals surface area contributed by atoms with Crippen LogP contribution in [0.25, 0.3) is 0 Å². The van der Waals surface area contributed by atoms with Gasteiger partial charge in [0.15, 0.2) is 12.2 Å². The highest BCUT2D eigenvalue weighted by Crippen LogP contribution is 2.59. The molecule has 4 aromatic rings. The van der Waals surface area contributed by atoms with Gasteiger partial charge >= 0.3 is 0 Å². The molecule has 0 fully saturated rings. The summed E-state index contributed by atoms with van der Waals surface area (Å²) in [7, 11) is -4.94. The minimum atomic E-state index is -4.94. The average molecular weight is 446 g/mol. The molecule has 7 rings (SSSR count). The summed E-state index contributed by atoms with van der Waals surface area (Å²) in [6.07, 6.45) is 6.93. The zero-order valence-electron chi connectivity index (χ0n) is 15.4.